The van der Waals surface area contributed by atoms with Gasteiger partial charge in [0.25, 0.3) is 0 Å². The number of nitrogens with one attached hydrogen (secondary N) is 1. The van der Waals surface area contributed by atoms with Gasteiger partial charge in [-0.05, 0) is 25.0 Å². The van der Waals surface area contributed by atoms with Crippen LogP contribution in [0.5, 0.6) is 0 Å². The molecular weight excluding hydrogens is 246 g/mol. The molecule has 3 nitrogen and oxygen atoms in total. The third-order valence-corrected chi connectivity index (χ3v) is 4.37. The molecule has 2 atom stereocenters. The SMILES string of the molecule is O=C(CSc1ccccc1)NC1CCCC1CO. The lowest BCUT2D eigenvalue weighted by atomic mass is 10.1. The van der Waals surface area contributed by atoms with E-state index in [-0.39, 0.29) is 24.5 Å². The molecule has 18 heavy (non-hydrogen) atoms. The van der Waals surface area contributed by atoms with Crippen molar-refractivity contribution in [3.63, 3.8) is 0 Å². The Balaban J connectivity index is 1.75. The molecule has 0 aromatic heterocycles. The van der Waals surface area contributed by atoms with Crippen molar-refractivity contribution in [2.24, 2.45) is 5.92 Å². The van der Waals surface area contributed by atoms with E-state index < -0.39 is 0 Å². The predicted molar refractivity (Wildman–Crippen MR) is 73.5 cm³/mol. The van der Waals surface area contributed by atoms with E-state index in [9.17, 15) is 9.90 Å². The summed E-state index contributed by atoms with van der Waals surface area (Å²) in [5.74, 6) is 0.753. The molecule has 98 valence electrons. The summed E-state index contributed by atoms with van der Waals surface area (Å²) in [4.78, 5) is 12.9. The van der Waals surface area contributed by atoms with Crippen molar-refractivity contribution in [2.45, 2.75) is 30.2 Å². The van der Waals surface area contributed by atoms with E-state index >= 15 is 0 Å². The lowest BCUT2D eigenvalue weighted by Gasteiger charge is -2.18. The molecule has 0 bridgehead atoms. The van der Waals surface area contributed by atoms with Gasteiger partial charge in [0.2, 0.25) is 5.91 Å². The van der Waals surface area contributed by atoms with E-state index in [1.165, 1.54) is 0 Å². The molecule has 1 saturated carbocycles. The van der Waals surface area contributed by atoms with Crippen LogP contribution in [-0.2, 0) is 4.79 Å². The number of rotatable bonds is 5. The molecule has 2 unspecified atom stereocenters. The molecule has 0 heterocycles. The molecule has 2 rings (SSSR count). The molecule has 0 radical (unpaired) electrons. The van der Waals surface area contributed by atoms with Crippen molar-refractivity contribution in [3.8, 4) is 0 Å². The van der Waals surface area contributed by atoms with Gasteiger partial charge in [-0.1, -0.05) is 24.6 Å². The zero-order chi connectivity index (χ0) is 12.8. The van der Waals surface area contributed by atoms with Gasteiger partial charge in [-0.2, -0.15) is 0 Å². The van der Waals surface area contributed by atoms with Gasteiger partial charge in [0, 0.05) is 23.5 Å². The number of carbonyl (C=O) groups is 1. The molecule has 1 aromatic rings. The van der Waals surface area contributed by atoms with E-state index in [0.29, 0.717) is 5.75 Å². The molecule has 1 amide bonds. The Bertz CT molecular complexity index is 383. The highest BCUT2D eigenvalue weighted by Crippen LogP contribution is 2.25. The van der Waals surface area contributed by atoms with Crippen LogP contribution in [-0.4, -0.2) is 29.4 Å². The molecule has 1 aliphatic carbocycles. The second kappa shape index (κ2) is 6.81. The highest BCUT2D eigenvalue weighted by Gasteiger charge is 2.27. The molecule has 1 aliphatic rings. The minimum atomic E-state index is 0.0641. The van der Waals surface area contributed by atoms with Gasteiger partial charge in [0.15, 0.2) is 0 Å². The second-order valence-corrected chi connectivity index (χ2v) is 5.70. The molecule has 2 N–H and O–H groups in total. The highest BCUT2D eigenvalue weighted by molar-refractivity contribution is 8.00. The van der Waals surface area contributed by atoms with Gasteiger partial charge in [0.1, 0.15) is 0 Å². The highest BCUT2D eigenvalue weighted by atomic mass is 32.2. The first-order valence-corrected chi connectivity index (χ1v) is 7.36. The Hall–Kier alpha value is -1.00. The summed E-state index contributed by atoms with van der Waals surface area (Å²) in [5, 5.41) is 12.2. The maximum atomic E-state index is 11.8. The van der Waals surface area contributed by atoms with Gasteiger partial charge in [0.05, 0.1) is 5.75 Å². The second-order valence-electron chi connectivity index (χ2n) is 4.65. The summed E-state index contributed by atoms with van der Waals surface area (Å²) >= 11 is 1.55. The summed E-state index contributed by atoms with van der Waals surface area (Å²) < 4.78 is 0. The largest absolute Gasteiger partial charge is 0.396 e. The molecule has 4 heteroatoms. The molecule has 1 aromatic carbocycles. The normalized spacial score (nSPS) is 22.9. The van der Waals surface area contributed by atoms with Crippen LogP contribution in [0.3, 0.4) is 0 Å². The van der Waals surface area contributed by atoms with E-state index in [1.807, 2.05) is 30.3 Å². The van der Waals surface area contributed by atoms with Crippen molar-refractivity contribution in [1.29, 1.82) is 0 Å². The quantitative estimate of drug-likeness (QED) is 0.801. The monoisotopic (exact) mass is 265 g/mol. The van der Waals surface area contributed by atoms with E-state index in [2.05, 4.69) is 5.32 Å². The van der Waals surface area contributed by atoms with Crippen molar-refractivity contribution in [1.82, 2.24) is 5.32 Å². The first kappa shape index (κ1) is 13.4. The van der Waals surface area contributed by atoms with Crippen LogP contribution in [0.15, 0.2) is 35.2 Å². The Kier molecular flexibility index (Phi) is 5.08. The molecule has 0 spiro atoms. The lowest BCUT2D eigenvalue weighted by Crippen LogP contribution is -2.39. The number of benzene rings is 1. The van der Waals surface area contributed by atoms with Crippen LogP contribution in [0.4, 0.5) is 0 Å². The smallest absolute Gasteiger partial charge is 0.230 e. The van der Waals surface area contributed by atoms with Crippen LogP contribution >= 0.6 is 11.8 Å². The number of thioether (sulfide) groups is 1. The average molecular weight is 265 g/mol. The van der Waals surface area contributed by atoms with Crippen molar-refractivity contribution >= 4 is 17.7 Å². The first-order valence-electron chi connectivity index (χ1n) is 6.37. The number of carbonyl (C=O) groups excluding carboxylic acids is 1. The topological polar surface area (TPSA) is 49.3 Å². The summed E-state index contributed by atoms with van der Waals surface area (Å²) in [6, 6.07) is 10.1. The Morgan fingerprint density at radius 2 is 2.11 bits per heavy atom. The van der Waals surface area contributed by atoms with Crippen LogP contribution in [0.25, 0.3) is 0 Å². The van der Waals surface area contributed by atoms with Crippen LogP contribution in [0, 0.1) is 5.92 Å². The van der Waals surface area contributed by atoms with Gasteiger partial charge < -0.3 is 10.4 Å². The number of aliphatic hydroxyl groups is 1. The maximum Gasteiger partial charge on any atom is 0.230 e. The third kappa shape index (κ3) is 3.75. The average Bonchev–Trinajstić information content (AvgIpc) is 2.85. The molecular formula is C14H19NO2S. The van der Waals surface area contributed by atoms with Crippen molar-refractivity contribution < 1.29 is 9.90 Å². The van der Waals surface area contributed by atoms with E-state index in [1.54, 1.807) is 11.8 Å². The summed E-state index contributed by atoms with van der Waals surface area (Å²) in [7, 11) is 0. The number of hydrogen-bond acceptors (Lipinski definition) is 3. The fraction of sp³-hybridized carbons (Fsp3) is 0.500. The summed E-state index contributed by atoms with van der Waals surface area (Å²) in [6.07, 6.45) is 3.11. The zero-order valence-electron chi connectivity index (χ0n) is 10.3. The fourth-order valence-corrected chi connectivity index (χ4v) is 3.09. The molecule has 0 aliphatic heterocycles. The van der Waals surface area contributed by atoms with Gasteiger partial charge >= 0.3 is 0 Å². The van der Waals surface area contributed by atoms with Crippen molar-refractivity contribution in [3.05, 3.63) is 30.3 Å². The zero-order valence-corrected chi connectivity index (χ0v) is 11.2. The van der Waals surface area contributed by atoms with E-state index in [4.69, 9.17) is 0 Å². The number of hydrogen-bond donors (Lipinski definition) is 2. The Labute approximate surface area is 112 Å². The summed E-state index contributed by atoms with van der Waals surface area (Å²) in [5.41, 5.74) is 0. The number of aliphatic hydroxyl groups excluding tert-OH is 1. The third-order valence-electron chi connectivity index (χ3n) is 3.35. The Morgan fingerprint density at radius 3 is 2.83 bits per heavy atom. The predicted octanol–water partition coefficient (Wildman–Crippen LogP) is 2.06. The minimum absolute atomic E-state index is 0.0641. The van der Waals surface area contributed by atoms with Crippen LogP contribution in [0.1, 0.15) is 19.3 Å². The molecule has 1 fully saturated rings. The van der Waals surface area contributed by atoms with Gasteiger partial charge in [-0.25, -0.2) is 0 Å². The molecule has 0 saturated heterocycles. The fourth-order valence-electron chi connectivity index (χ4n) is 2.36. The standard InChI is InChI=1S/C14H19NO2S/c16-9-11-5-4-8-13(11)15-14(17)10-18-12-6-2-1-3-7-12/h1-3,6-7,11,13,16H,4-5,8-10H2,(H,15,17). The van der Waals surface area contributed by atoms with Crippen LogP contribution in [0.2, 0.25) is 0 Å². The Morgan fingerprint density at radius 1 is 1.33 bits per heavy atom. The van der Waals surface area contributed by atoms with E-state index in [0.717, 1.165) is 24.2 Å². The van der Waals surface area contributed by atoms with Gasteiger partial charge in [-0.15, -0.1) is 11.8 Å². The lowest BCUT2D eigenvalue weighted by molar-refractivity contribution is -0.119. The maximum absolute atomic E-state index is 11.8. The number of amides is 1. The van der Waals surface area contributed by atoms with Crippen molar-refractivity contribution in [2.75, 3.05) is 12.4 Å². The summed E-state index contributed by atoms with van der Waals surface area (Å²) in [6.45, 7) is 0.177. The minimum Gasteiger partial charge on any atom is -0.396 e. The van der Waals surface area contributed by atoms with Gasteiger partial charge in [-0.3, -0.25) is 4.79 Å². The van der Waals surface area contributed by atoms with Crippen LogP contribution < -0.4 is 5.32 Å². The first-order chi connectivity index (χ1) is 8.79.